The second-order valence-corrected chi connectivity index (χ2v) is 7.51. The van der Waals surface area contributed by atoms with Gasteiger partial charge in [-0.1, -0.05) is 0 Å². The van der Waals surface area contributed by atoms with Gasteiger partial charge in [-0.3, -0.25) is 4.79 Å². The maximum Gasteiger partial charge on any atom is 0.270 e. The van der Waals surface area contributed by atoms with Crippen molar-refractivity contribution >= 4 is 21.8 Å². The third kappa shape index (κ3) is 3.04. The molecular formula is C16H24BrN3O. The number of nitrogens with zero attached hydrogens (tertiary/aromatic N) is 2. The van der Waals surface area contributed by atoms with Crippen molar-refractivity contribution < 1.29 is 4.79 Å². The van der Waals surface area contributed by atoms with Crippen LogP contribution < -0.4 is 5.32 Å². The summed E-state index contributed by atoms with van der Waals surface area (Å²) in [5, 5.41) is 3.48. The van der Waals surface area contributed by atoms with Gasteiger partial charge in [0.2, 0.25) is 0 Å². The van der Waals surface area contributed by atoms with Crippen LogP contribution in [0.3, 0.4) is 0 Å². The zero-order chi connectivity index (χ0) is 15.0. The molecule has 2 aliphatic heterocycles. The first-order valence-corrected chi connectivity index (χ1v) is 8.73. The highest BCUT2D eigenvalue weighted by Crippen LogP contribution is 2.28. The molecule has 1 N–H and O–H groups in total. The minimum Gasteiger partial charge on any atom is -0.340 e. The molecule has 21 heavy (non-hydrogen) atoms. The summed E-state index contributed by atoms with van der Waals surface area (Å²) in [6, 6.07) is 2.25. The molecule has 2 saturated heterocycles. The Bertz CT molecular complexity index is 512. The van der Waals surface area contributed by atoms with E-state index in [1.165, 1.54) is 0 Å². The summed E-state index contributed by atoms with van der Waals surface area (Å²) in [6.07, 6.45) is 4.27. The van der Waals surface area contributed by atoms with Crippen LogP contribution in [-0.4, -0.2) is 41.6 Å². The van der Waals surface area contributed by atoms with Gasteiger partial charge in [0.25, 0.3) is 5.91 Å². The molecule has 0 bridgehead atoms. The smallest absolute Gasteiger partial charge is 0.270 e. The van der Waals surface area contributed by atoms with Crippen LogP contribution in [0.5, 0.6) is 0 Å². The average molecular weight is 354 g/mol. The molecule has 1 aromatic heterocycles. The van der Waals surface area contributed by atoms with E-state index in [1.807, 2.05) is 12.3 Å². The van der Waals surface area contributed by atoms with Crippen LogP contribution in [0.1, 0.15) is 43.2 Å². The van der Waals surface area contributed by atoms with Crippen molar-refractivity contribution in [3.05, 3.63) is 22.4 Å². The maximum atomic E-state index is 12.9. The van der Waals surface area contributed by atoms with Gasteiger partial charge in [-0.25, -0.2) is 0 Å². The molecule has 116 valence electrons. The maximum absolute atomic E-state index is 12.9. The number of aromatic nitrogens is 1. The summed E-state index contributed by atoms with van der Waals surface area (Å²) in [7, 11) is 0. The Kier molecular flexibility index (Phi) is 4.41. The van der Waals surface area contributed by atoms with E-state index < -0.39 is 0 Å². The first-order chi connectivity index (χ1) is 10.1. The number of fused-ring (bicyclic) bond motifs is 1. The molecule has 1 aromatic rings. The Balaban J connectivity index is 1.76. The standard InChI is InChI=1S/C16H24BrN3O/c1-11(2)20-10-14(17)7-15(20)16(21)19-5-3-12-8-18-9-13(12)4-6-19/h7,10-13,18H,3-6,8-9H2,1-2H3/t12-,13+. The highest BCUT2D eigenvalue weighted by Gasteiger charge is 2.32. The molecule has 1 amide bonds. The molecule has 0 aromatic carbocycles. The summed E-state index contributed by atoms with van der Waals surface area (Å²) < 4.78 is 3.05. The molecule has 2 fully saturated rings. The van der Waals surface area contributed by atoms with Gasteiger partial charge in [0.1, 0.15) is 5.69 Å². The van der Waals surface area contributed by atoms with Crippen LogP contribution in [-0.2, 0) is 0 Å². The molecule has 4 nitrogen and oxygen atoms in total. The van der Waals surface area contributed by atoms with Gasteiger partial charge in [0.05, 0.1) is 0 Å². The van der Waals surface area contributed by atoms with Crippen LogP contribution in [0.4, 0.5) is 0 Å². The lowest BCUT2D eigenvalue weighted by Gasteiger charge is -2.22. The predicted molar refractivity (Wildman–Crippen MR) is 87.5 cm³/mol. The van der Waals surface area contributed by atoms with E-state index in [9.17, 15) is 4.79 Å². The molecule has 2 atom stereocenters. The first-order valence-electron chi connectivity index (χ1n) is 7.93. The van der Waals surface area contributed by atoms with Gasteiger partial charge >= 0.3 is 0 Å². The highest BCUT2D eigenvalue weighted by molar-refractivity contribution is 9.10. The number of likely N-dealkylation sites (tertiary alicyclic amines) is 1. The lowest BCUT2D eigenvalue weighted by Crippen LogP contribution is -2.34. The number of rotatable bonds is 2. The second kappa shape index (κ2) is 6.13. The number of halogens is 1. The lowest BCUT2D eigenvalue weighted by atomic mass is 9.92. The van der Waals surface area contributed by atoms with E-state index in [1.54, 1.807) is 0 Å². The van der Waals surface area contributed by atoms with Gasteiger partial charge in [0, 0.05) is 29.8 Å². The molecule has 0 aliphatic carbocycles. The Morgan fingerprint density at radius 3 is 2.48 bits per heavy atom. The summed E-state index contributed by atoms with van der Waals surface area (Å²) in [6.45, 7) is 8.26. The molecule has 2 aliphatic rings. The summed E-state index contributed by atoms with van der Waals surface area (Å²) in [5.41, 5.74) is 0.807. The van der Waals surface area contributed by atoms with Crippen molar-refractivity contribution in [1.29, 1.82) is 0 Å². The van der Waals surface area contributed by atoms with E-state index in [-0.39, 0.29) is 5.91 Å². The minimum atomic E-state index is 0.183. The molecule has 0 radical (unpaired) electrons. The van der Waals surface area contributed by atoms with Crippen molar-refractivity contribution in [2.75, 3.05) is 26.2 Å². The van der Waals surface area contributed by atoms with Crippen molar-refractivity contribution in [2.24, 2.45) is 11.8 Å². The normalized spacial score (nSPS) is 26.0. The molecule has 0 saturated carbocycles. The monoisotopic (exact) mass is 353 g/mol. The van der Waals surface area contributed by atoms with Crippen molar-refractivity contribution in [3.8, 4) is 0 Å². The van der Waals surface area contributed by atoms with Crippen molar-refractivity contribution in [2.45, 2.75) is 32.7 Å². The van der Waals surface area contributed by atoms with Crippen molar-refractivity contribution in [1.82, 2.24) is 14.8 Å². The van der Waals surface area contributed by atoms with Crippen LogP contribution >= 0.6 is 15.9 Å². The predicted octanol–water partition coefficient (Wildman–Crippen LogP) is 2.90. The zero-order valence-electron chi connectivity index (χ0n) is 12.8. The summed E-state index contributed by atoms with van der Waals surface area (Å²) in [4.78, 5) is 14.9. The number of nitrogens with one attached hydrogen (secondary N) is 1. The Morgan fingerprint density at radius 2 is 1.90 bits per heavy atom. The highest BCUT2D eigenvalue weighted by atomic mass is 79.9. The second-order valence-electron chi connectivity index (χ2n) is 6.59. The van der Waals surface area contributed by atoms with Crippen LogP contribution in [0.25, 0.3) is 0 Å². The molecule has 3 rings (SSSR count). The first kappa shape index (κ1) is 15.1. The third-order valence-electron chi connectivity index (χ3n) is 4.90. The van der Waals surface area contributed by atoms with Gasteiger partial charge in [-0.2, -0.15) is 0 Å². The van der Waals surface area contributed by atoms with Crippen LogP contribution in [0.15, 0.2) is 16.7 Å². The fourth-order valence-corrected chi connectivity index (χ4v) is 4.06. The Labute approximate surface area is 135 Å². The van der Waals surface area contributed by atoms with Gasteiger partial charge in [0.15, 0.2) is 0 Å². The fraction of sp³-hybridized carbons (Fsp3) is 0.688. The quantitative estimate of drug-likeness (QED) is 0.887. The molecule has 3 heterocycles. The van der Waals surface area contributed by atoms with E-state index in [0.29, 0.717) is 6.04 Å². The number of amides is 1. The van der Waals surface area contributed by atoms with Crippen molar-refractivity contribution in [3.63, 3.8) is 0 Å². The van der Waals surface area contributed by atoms with Crippen LogP contribution in [0, 0.1) is 11.8 Å². The molecule has 0 unspecified atom stereocenters. The minimum absolute atomic E-state index is 0.183. The van der Waals surface area contributed by atoms with E-state index in [2.05, 4.69) is 44.6 Å². The number of carbonyl (C=O) groups excluding carboxylic acids is 1. The topological polar surface area (TPSA) is 37.3 Å². The Morgan fingerprint density at radius 1 is 1.29 bits per heavy atom. The van der Waals surface area contributed by atoms with Gasteiger partial charge < -0.3 is 14.8 Å². The molecule has 5 heteroatoms. The average Bonchev–Trinajstić information content (AvgIpc) is 3.00. The third-order valence-corrected chi connectivity index (χ3v) is 5.33. The molecule has 0 spiro atoms. The van der Waals surface area contributed by atoms with Gasteiger partial charge in [-0.05, 0) is 73.6 Å². The lowest BCUT2D eigenvalue weighted by molar-refractivity contribution is 0.0746. The Hall–Kier alpha value is -0.810. The van der Waals surface area contributed by atoms with Crippen LogP contribution in [0.2, 0.25) is 0 Å². The summed E-state index contributed by atoms with van der Waals surface area (Å²) in [5.74, 6) is 1.69. The van der Waals surface area contributed by atoms with Gasteiger partial charge in [-0.15, -0.1) is 0 Å². The SMILES string of the molecule is CC(C)n1cc(Br)cc1C(=O)N1CC[C@@H]2CNC[C@@H]2CC1. The zero-order valence-corrected chi connectivity index (χ0v) is 14.4. The number of carbonyl (C=O) groups is 1. The van der Waals surface area contributed by atoms with E-state index >= 15 is 0 Å². The largest absolute Gasteiger partial charge is 0.340 e. The van der Waals surface area contributed by atoms with E-state index in [0.717, 1.165) is 61.0 Å². The molecular weight excluding hydrogens is 330 g/mol. The summed E-state index contributed by atoms with van der Waals surface area (Å²) >= 11 is 3.50. The number of hydrogen-bond acceptors (Lipinski definition) is 2. The fourth-order valence-electron chi connectivity index (χ4n) is 3.63. The number of hydrogen-bond donors (Lipinski definition) is 1. The van der Waals surface area contributed by atoms with E-state index in [4.69, 9.17) is 0 Å².